The molecule has 0 bridgehead atoms. The molecule has 0 radical (unpaired) electrons. The Labute approximate surface area is 213 Å². The van der Waals surface area contributed by atoms with Crippen LogP contribution in [0.25, 0.3) is 10.9 Å². The Kier molecular flexibility index (Phi) is 7.29. The van der Waals surface area contributed by atoms with Crippen LogP contribution in [0.2, 0.25) is 0 Å². The maximum absolute atomic E-state index is 13.9. The summed E-state index contributed by atoms with van der Waals surface area (Å²) >= 11 is 1.45. The Morgan fingerprint density at radius 3 is 2.72 bits per heavy atom. The number of carbonyl (C=O) groups is 1. The lowest BCUT2D eigenvalue weighted by Gasteiger charge is -2.34. The Hall–Kier alpha value is -3.69. The van der Waals surface area contributed by atoms with Gasteiger partial charge < -0.3 is 14.4 Å². The molecule has 1 amide bonds. The van der Waals surface area contributed by atoms with Gasteiger partial charge in [0.05, 0.1) is 29.4 Å². The first-order valence-electron chi connectivity index (χ1n) is 11.7. The van der Waals surface area contributed by atoms with Gasteiger partial charge in [0.15, 0.2) is 0 Å². The molecular formula is C27H26FN5O2S. The Balaban J connectivity index is 1.22. The monoisotopic (exact) mass is 503 g/mol. The number of anilines is 1. The van der Waals surface area contributed by atoms with Gasteiger partial charge in [-0.05, 0) is 48.3 Å². The minimum atomic E-state index is -0.299. The fourth-order valence-corrected chi connectivity index (χ4v) is 5.04. The number of ether oxygens (including phenoxy) is 1. The highest BCUT2D eigenvalue weighted by atomic mass is 32.2. The van der Waals surface area contributed by atoms with Crippen LogP contribution in [0.1, 0.15) is 15.9 Å². The van der Waals surface area contributed by atoms with Crippen molar-refractivity contribution in [3.05, 3.63) is 90.1 Å². The van der Waals surface area contributed by atoms with Crippen LogP contribution >= 0.6 is 11.9 Å². The molecule has 1 aliphatic heterocycles. The van der Waals surface area contributed by atoms with E-state index < -0.39 is 0 Å². The molecule has 5 rings (SSSR count). The van der Waals surface area contributed by atoms with Gasteiger partial charge >= 0.3 is 0 Å². The molecule has 1 aliphatic rings. The van der Waals surface area contributed by atoms with E-state index in [4.69, 9.17) is 4.74 Å². The molecule has 2 aromatic heterocycles. The molecule has 9 heteroatoms. The fourth-order valence-electron chi connectivity index (χ4n) is 4.24. The number of methoxy groups -OCH3 is 1. The molecule has 36 heavy (non-hydrogen) atoms. The molecular weight excluding hydrogens is 477 g/mol. The number of hydrogen-bond acceptors (Lipinski definition) is 7. The molecule has 3 heterocycles. The van der Waals surface area contributed by atoms with Gasteiger partial charge in [0.25, 0.3) is 5.91 Å². The highest BCUT2D eigenvalue weighted by Gasteiger charge is 2.23. The van der Waals surface area contributed by atoms with E-state index in [0.29, 0.717) is 49.6 Å². The summed E-state index contributed by atoms with van der Waals surface area (Å²) in [7, 11) is 1.59. The third kappa shape index (κ3) is 5.27. The van der Waals surface area contributed by atoms with Crippen molar-refractivity contribution in [3.63, 3.8) is 0 Å². The smallest absolute Gasteiger partial charge is 0.254 e. The lowest BCUT2D eigenvalue weighted by atomic mass is 10.1. The average Bonchev–Trinajstić information content (AvgIpc) is 2.93. The number of para-hydroxylation sites is 1. The van der Waals surface area contributed by atoms with Crippen LogP contribution in [-0.4, -0.2) is 59.0 Å². The second-order valence-electron chi connectivity index (χ2n) is 8.49. The number of carbonyl (C=O) groups excluding carboxylic acids is 1. The number of halogens is 1. The highest BCUT2D eigenvalue weighted by molar-refractivity contribution is 8.00. The molecule has 0 aliphatic carbocycles. The molecule has 0 saturated carbocycles. The zero-order chi connectivity index (χ0) is 24.9. The summed E-state index contributed by atoms with van der Waals surface area (Å²) in [6, 6.07) is 17.1. The van der Waals surface area contributed by atoms with Crippen molar-refractivity contribution in [2.75, 3.05) is 38.0 Å². The first-order valence-corrected chi connectivity index (χ1v) is 12.5. The summed E-state index contributed by atoms with van der Waals surface area (Å²) in [6.45, 7) is 3.03. The highest BCUT2D eigenvalue weighted by Crippen LogP contribution is 2.33. The number of aromatic nitrogens is 2. The number of rotatable bonds is 7. The Bertz CT molecular complexity index is 1370. The van der Waals surface area contributed by atoms with Gasteiger partial charge in [-0.3, -0.25) is 19.7 Å². The minimum Gasteiger partial charge on any atom is -0.495 e. The average molecular weight is 504 g/mol. The van der Waals surface area contributed by atoms with Crippen molar-refractivity contribution in [1.29, 1.82) is 0 Å². The van der Waals surface area contributed by atoms with Gasteiger partial charge in [-0.25, -0.2) is 4.39 Å². The summed E-state index contributed by atoms with van der Waals surface area (Å²) < 4.78 is 22.8. The number of pyridine rings is 2. The Morgan fingerprint density at radius 2 is 1.92 bits per heavy atom. The van der Waals surface area contributed by atoms with Gasteiger partial charge in [0, 0.05) is 61.6 Å². The number of hydrogen-bond donors (Lipinski definition) is 1. The predicted molar refractivity (Wildman–Crippen MR) is 140 cm³/mol. The first kappa shape index (κ1) is 24.0. The van der Waals surface area contributed by atoms with Crippen LogP contribution in [0, 0.1) is 5.82 Å². The molecule has 2 aromatic carbocycles. The van der Waals surface area contributed by atoms with Crippen molar-refractivity contribution in [2.24, 2.45) is 0 Å². The standard InChI is InChI=1S/C27H26FN5O2S/c1-35-24-16-20(7-8-23(24)31-36-25-6-2-4-19-5-3-10-30-26(19)25)27(34)33-14-12-32(13-15-33)18-21-9-11-29-17-22(21)28/h2-11,16-17,31H,12-15,18H2,1H3. The first-order chi connectivity index (χ1) is 17.6. The van der Waals surface area contributed by atoms with E-state index in [0.717, 1.165) is 21.5 Å². The van der Waals surface area contributed by atoms with E-state index in [9.17, 15) is 9.18 Å². The number of piperazine rings is 1. The van der Waals surface area contributed by atoms with Crippen LogP contribution < -0.4 is 9.46 Å². The van der Waals surface area contributed by atoms with E-state index in [1.807, 2.05) is 47.4 Å². The largest absolute Gasteiger partial charge is 0.495 e. The molecule has 184 valence electrons. The number of nitrogens with zero attached hydrogens (tertiary/aromatic N) is 4. The third-order valence-corrected chi connectivity index (χ3v) is 7.10. The van der Waals surface area contributed by atoms with Crippen molar-refractivity contribution in [1.82, 2.24) is 19.8 Å². The number of benzene rings is 2. The summed E-state index contributed by atoms with van der Waals surface area (Å²) in [5.74, 6) is 0.250. The molecule has 4 aromatic rings. The van der Waals surface area contributed by atoms with Gasteiger partial charge in [0.2, 0.25) is 0 Å². The molecule has 1 fully saturated rings. The van der Waals surface area contributed by atoms with Crippen molar-refractivity contribution in [3.8, 4) is 5.75 Å². The van der Waals surface area contributed by atoms with E-state index >= 15 is 0 Å². The summed E-state index contributed by atoms with van der Waals surface area (Å²) in [5, 5.41) is 1.07. The SMILES string of the molecule is COc1cc(C(=O)N2CCN(Cc3ccncc3F)CC2)ccc1NSc1cccc2cccnc12. The normalized spacial score (nSPS) is 14.1. The van der Waals surface area contributed by atoms with E-state index in [1.165, 1.54) is 18.1 Å². The van der Waals surface area contributed by atoms with Crippen LogP contribution in [0.3, 0.4) is 0 Å². The predicted octanol–water partition coefficient (Wildman–Crippen LogP) is 4.85. The lowest BCUT2D eigenvalue weighted by Crippen LogP contribution is -2.48. The number of nitrogens with one attached hydrogen (secondary N) is 1. The molecule has 1 saturated heterocycles. The minimum absolute atomic E-state index is 0.0412. The number of amides is 1. The third-order valence-electron chi connectivity index (χ3n) is 6.23. The number of fused-ring (bicyclic) bond motifs is 1. The maximum Gasteiger partial charge on any atom is 0.254 e. The molecule has 0 unspecified atom stereocenters. The summed E-state index contributed by atoms with van der Waals surface area (Å²) in [4.78, 5) is 26.4. The second-order valence-corrected chi connectivity index (χ2v) is 9.33. The van der Waals surface area contributed by atoms with Crippen LogP contribution in [-0.2, 0) is 6.54 Å². The van der Waals surface area contributed by atoms with Gasteiger partial charge in [-0.2, -0.15) is 0 Å². The van der Waals surface area contributed by atoms with Crippen LogP contribution in [0.15, 0.2) is 78.1 Å². The molecule has 0 atom stereocenters. The van der Waals surface area contributed by atoms with E-state index in [1.54, 1.807) is 31.6 Å². The molecule has 7 nitrogen and oxygen atoms in total. The summed E-state index contributed by atoms with van der Waals surface area (Å²) in [6.07, 6.45) is 4.62. The second kappa shape index (κ2) is 10.9. The summed E-state index contributed by atoms with van der Waals surface area (Å²) in [5.41, 5.74) is 2.89. The van der Waals surface area contributed by atoms with Crippen molar-refractivity contribution < 1.29 is 13.9 Å². The zero-order valence-electron chi connectivity index (χ0n) is 19.9. The molecule has 0 spiro atoms. The molecule has 1 N–H and O–H groups in total. The van der Waals surface area contributed by atoms with Crippen molar-refractivity contribution >= 4 is 34.4 Å². The van der Waals surface area contributed by atoms with E-state index in [-0.39, 0.29) is 11.7 Å². The lowest BCUT2D eigenvalue weighted by molar-refractivity contribution is 0.0626. The van der Waals surface area contributed by atoms with Gasteiger partial charge in [0.1, 0.15) is 11.6 Å². The Morgan fingerprint density at radius 1 is 1.08 bits per heavy atom. The van der Waals surface area contributed by atoms with Crippen LogP contribution in [0.5, 0.6) is 5.75 Å². The van der Waals surface area contributed by atoms with Gasteiger partial charge in [-0.15, -0.1) is 0 Å². The fraction of sp³-hybridized carbons (Fsp3) is 0.222. The quantitative estimate of drug-likeness (QED) is 0.362. The van der Waals surface area contributed by atoms with E-state index in [2.05, 4.69) is 19.6 Å². The maximum atomic E-state index is 13.9. The van der Waals surface area contributed by atoms with Crippen molar-refractivity contribution in [2.45, 2.75) is 11.4 Å². The topological polar surface area (TPSA) is 70.6 Å². The zero-order valence-corrected chi connectivity index (χ0v) is 20.7. The van der Waals surface area contributed by atoms with Gasteiger partial charge in [-0.1, -0.05) is 18.2 Å². The van der Waals surface area contributed by atoms with Crippen LogP contribution in [0.4, 0.5) is 10.1 Å².